The second-order valence-electron chi connectivity index (χ2n) is 5.12. The number of nitrogens with zero attached hydrogens (tertiary/aromatic N) is 1. The van der Waals surface area contributed by atoms with Gasteiger partial charge in [0.1, 0.15) is 0 Å². The van der Waals surface area contributed by atoms with E-state index < -0.39 is 0 Å². The molecule has 0 aromatic heterocycles. The van der Waals surface area contributed by atoms with Crippen molar-refractivity contribution >= 4 is 23.1 Å². The van der Waals surface area contributed by atoms with Crippen LogP contribution in [0.1, 0.15) is 59.8 Å². The molecule has 0 saturated heterocycles. The molecule has 0 rings (SSSR count). The Morgan fingerprint density at radius 1 is 1.22 bits per heavy atom. The zero-order valence-electron chi connectivity index (χ0n) is 12.2. The van der Waals surface area contributed by atoms with Crippen molar-refractivity contribution in [2.75, 3.05) is 6.54 Å². The first-order valence-corrected chi connectivity index (χ1v) is 7.43. The lowest BCUT2D eigenvalue weighted by Crippen LogP contribution is -2.42. The molecule has 0 aliphatic carbocycles. The predicted molar refractivity (Wildman–Crippen MR) is 81.6 cm³/mol. The predicted octanol–water partition coefficient (Wildman–Crippen LogP) is 3.12. The largest absolute Gasteiger partial charge is 0.393 e. The minimum atomic E-state index is 0.161. The molecule has 0 fully saturated rings. The van der Waals surface area contributed by atoms with Crippen LogP contribution in [-0.4, -0.2) is 28.4 Å². The van der Waals surface area contributed by atoms with Gasteiger partial charge in [0.05, 0.1) is 4.99 Å². The highest BCUT2D eigenvalue weighted by atomic mass is 32.1. The Balaban J connectivity index is 4.64. The first kappa shape index (κ1) is 17.4. The summed E-state index contributed by atoms with van der Waals surface area (Å²) in [6, 6.07) is 0.211. The molecule has 0 aromatic rings. The van der Waals surface area contributed by atoms with Crippen molar-refractivity contribution in [2.45, 2.75) is 65.8 Å². The van der Waals surface area contributed by atoms with Gasteiger partial charge in [0, 0.05) is 24.9 Å². The summed E-state index contributed by atoms with van der Waals surface area (Å²) in [6.45, 7) is 9.00. The summed E-state index contributed by atoms with van der Waals surface area (Å²) in [5.41, 5.74) is 5.53. The van der Waals surface area contributed by atoms with Crippen molar-refractivity contribution < 1.29 is 4.79 Å². The maximum absolute atomic E-state index is 12.5. The Morgan fingerprint density at radius 2 is 1.72 bits per heavy atom. The van der Waals surface area contributed by atoms with Crippen molar-refractivity contribution in [1.82, 2.24) is 4.90 Å². The summed E-state index contributed by atoms with van der Waals surface area (Å²) in [4.78, 5) is 14.9. The van der Waals surface area contributed by atoms with Crippen molar-refractivity contribution in [3.8, 4) is 0 Å². The van der Waals surface area contributed by atoms with Crippen LogP contribution in [0.25, 0.3) is 0 Å². The summed E-state index contributed by atoms with van der Waals surface area (Å²) < 4.78 is 0. The molecule has 18 heavy (non-hydrogen) atoms. The Bertz CT molecular complexity index is 261. The molecule has 0 aliphatic heterocycles. The van der Waals surface area contributed by atoms with Crippen molar-refractivity contribution in [3.05, 3.63) is 0 Å². The summed E-state index contributed by atoms with van der Waals surface area (Å²) >= 11 is 4.89. The van der Waals surface area contributed by atoms with Gasteiger partial charge in [-0.2, -0.15) is 0 Å². The van der Waals surface area contributed by atoms with Gasteiger partial charge in [-0.05, 0) is 26.7 Å². The average molecular weight is 272 g/mol. The van der Waals surface area contributed by atoms with E-state index in [0.717, 1.165) is 25.7 Å². The highest BCUT2D eigenvalue weighted by Gasteiger charge is 2.24. The van der Waals surface area contributed by atoms with Crippen molar-refractivity contribution in [3.63, 3.8) is 0 Å². The number of hydrogen-bond acceptors (Lipinski definition) is 2. The van der Waals surface area contributed by atoms with Crippen LogP contribution in [0, 0.1) is 5.92 Å². The Labute approximate surface area is 117 Å². The zero-order valence-corrected chi connectivity index (χ0v) is 13.1. The van der Waals surface area contributed by atoms with E-state index in [4.69, 9.17) is 18.0 Å². The Kier molecular flexibility index (Phi) is 8.98. The molecule has 0 aromatic carbocycles. The van der Waals surface area contributed by atoms with Crippen LogP contribution in [0.2, 0.25) is 0 Å². The summed E-state index contributed by atoms with van der Waals surface area (Å²) in [6.07, 6.45) is 4.67. The van der Waals surface area contributed by atoms with E-state index in [0.29, 0.717) is 18.0 Å². The van der Waals surface area contributed by atoms with Gasteiger partial charge in [0.2, 0.25) is 5.91 Å². The fourth-order valence-corrected chi connectivity index (χ4v) is 2.27. The van der Waals surface area contributed by atoms with Gasteiger partial charge in [-0.1, -0.05) is 38.9 Å². The van der Waals surface area contributed by atoms with Gasteiger partial charge >= 0.3 is 0 Å². The molecule has 0 bridgehead atoms. The fourth-order valence-electron chi connectivity index (χ4n) is 2.18. The highest BCUT2D eigenvalue weighted by Crippen LogP contribution is 2.18. The molecular weight excluding hydrogens is 244 g/mol. The van der Waals surface area contributed by atoms with Gasteiger partial charge in [0.15, 0.2) is 0 Å². The molecule has 0 saturated carbocycles. The van der Waals surface area contributed by atoms with E-state index in [1.807, 2.05) is 18.7 Å². The Hall–Kier alpha value is -0.640. The first-order chi connectivity index (χ1) is 8.43. The van der Waals surface area contributed by atoms with Crippen LogP contribution in [0.4, 0.5) is 0 Å². The zero-order chi connectivity index (χ0) is 14.1. The van der Waals surface area contributed by atoms with Crippen LogP contribution < -0.4 is 5.73 Å². The number of rotatable bonds is 9. The van der Waals surface area contributed by atoms with E-state index in [9.17, 15) is 4.79 Å². The van der Waals surface area contributed by atoms with E-state index in [1.165, 1.54) is 0 Å². The number of thiocarbonyl (C=S) groups is 1. The fraction of sp³-hybridized carbons (Fsp3) is 0.857. The van der Waals surface area contributed by atoms with Crippen LogP contribution >= 0.6 is 12.2 Å². The maximum atomic E-state index is 12.5. The van der Waals surface area contributed by atoms with E-state index in [2.05, 4.69) is 13.8 Å². The third-order valence-electron chi connectivity index (χ3n) is 3.13. The van der Waals surface area contributed by atoms with Gasteiger partial charge in [-0.3, -0.25) is 4.79 Å². The quantitative estimate of drug-likeness (QED) is 0.656. The van der Waals surface area contributed by atoms with E-state index in [-0.39, 0.29) is 17.9 Å². The van der Waals surface area contributed by atoms with E-state index in [1.54, 1.807) is 0 Å². The lowest BCUT2D eigenvalue weighted by atomic mass is 9.96. The molecule has 0 aliphatic rings. The van der Waals surface area contributed by atoms with Crippen LogP contribution in [0.5, 0.6) is 0 Å². The summed E-state index contributed by atoms with van der Waals surface area (Å²) in [5, 5.41) is 0. The molecule has 0 unspecified atom stereocenters. The second-order valence-corrected chi connectivity index (χ2v) is 5.64. The molecule has 4 heteroatoms. The number of hydrogen-bond donors (Lipinski definition) is 1. The number of carbonyl (C=O) groups excluding carboxylic acids is 1. The molecule has 0 radical (unpaired) electrons. The van der Waals surface area contributed by atoms with E-state index >= 15 is 0 Å². The molecule has 3 nitrogen and oxygen atoms in total. The van der Waals surface area contributed by atoms with Gasteiger partial charge in [-0.15, -0.1) is 0 Å². The van der Waals surface area contributed by atoms with Crippen LogP contribution in [0.15, 0.2) is 0 Å². The van der Waals surface area contributed by atoms with Crippen LogP contribution in [0.3, 0.4) is 0 Å². The molecule has 0 spiro atoms. The lowest BCUT2D eigenvalue weighted by Gasteiger charge is -2.30. The number of carbonyl (C=O) groups is 1. The summed E-state index contributed by atoms with van der Waals surface area (Å²) in [5.74, 6) is 0.429. The minimum Gasteiger partial charge on any atom is -0.393 e. The standard InChI is InChI=1S/C14H28N2OS/c1-5-7-12(8-6-2)14(17)16(11(3)4)10-9-13(15)18/h11-12H,5-10H2,1-4H3,(H2,15,18). The summed E-state index contributed by atoms with van der Waals surface area (Å²) in [7, 11) is 0. The highest BCUT2D eigenvalue weighted by molar-refractivity contribution is 7.80. The first-order valence-electron chi connectivity index (χ1n) is 7.02. The second kappa shape index (κ2) is 9.31. The van der Waals surface area contributed by atoms with Gasteiger partial charge < -0.3 is 10.6 Å². The SMILES string of the molecule is CCCC(CCC)C(=O)N(CCC(N)=S)C(C)C. The molecule has 0 heterocycles. The van der Waals surface area contributed by atoms with Crippen molar-refractivity contribution in [2.24, 2.45) is 11.7 Å². The van der Waals surface area contributed by atoms with Gasteiger partial charge in [-0.25, -0.2) is 0 Å². The molecule has 0 atom stereocenters. The monoisotopic (exact) mass is 272 g/mol. The third-order valence-corrected chi connectivity index (χ3v) is 3.33. The van der Waals surface area contributed by atoms with Crippen LogP contribution in [-0.2, 0) is 4.79 Å². The van der Waals surface area contributed by atoms with Crippen molar-refractivity contribution in [1.29, 1.82) is 0 Å². The normalized spacial score (nSPS) is 11.0. The topological polar surface area (TPSA) is 46.3 Å². The Morgan fingerprint density at radius 3 is 2.06 bits per heavy atom. The van der Waals surface area contributed by atoms with Gasteiger partial charge in [0.25, 0.3) is 0 Å². The maximum Gasteiger partial charge on any atom is 0.225 e. The number of nitrogens with two attached hydrogens (primary N) is 1. The minimum absolute atomic E-state index is 0.161. The molecule has 2 N–H and O–H groups in total. The average Bonchev–Trinajstić information content (AvgIpc) is 2.27. The molecule has 1 amide bonds. The number of amides is 1. The molecular formula is C14H28N2OS. The molecule has 106 valence electrons. The lowest BCUT2D eigenvalue weighted by molar-refractivity contribution is -0.137. The third kappa shape index (κ3) is 6.34. The smallest absolute Gasteiger partial charge is 0.225 e.